The first-order valence-electron chi connectivity index (χ1n) is 5.27. The van der Waals surface area contributed by atoms with Gasteiger partial charge in [-0.25, -0.2) is 15.4 Å². The monoisotopic (exact) mass is 220 g/mol. The molecule has 1 aliphatic carbocycles. The molecule has 1 aromatic carbocycles. The number of fused-ring (bicyclic) bond motifs is 1. The molecule has 3 rings (SSSR count). The average Bonchev–Trinajstić information content (AvgIpc) is 2.74. The lowest BCUT2D eigenvalue weighted by Crippen LogP contribution is -2.24. The smallest absolute Gasteiger partial charge is 0.233 e. The summed E-state index contributed by atoms with van der Waals surface area (Å²) in [6.07, 6.45) is 0. The highest BCUT2D eigenvalue weighted by Crippen LogP contribution is 2.49. The number of anilines is 1. The zero-order valence-electron chi connectivity index (χ0n) is 8.53. The van der Waals surface area contributed by atoms with Gasteiger partial charge in [0.05, 0.1) is 11.8 Å². The third-order valence-corrected chi connectivity index (χ3v) is 3.57. The van der Waals surface area contributed by atoms with Crippen molar-refractivity contribution in [3.8, 4) is 0 Å². The molecule has 1 aliphatic heterocycles. The largest absolute Gasteiger partial charge is 0.370 e. The van der Waals surface area contributed by atoms with Crippen molar-refractivity contribution < 1.29 is 8.78 Å². The van der Waals surface area contributed by atoms with Gasteiger partial charge in [0.1, 0.15) is 0 Å². The Balaban J connectivity index is 1.77. The normalized spacial score (nSPS) is 31.1. The number of halogens is 2. The quantitative estimate of drug-likeness (QED) is 0.659. The van der Waals surface area contributed by atoms with Crippen molar-refractivity contribution >= 4 is 5.69 Å². The molecule has 0 spiro atoms. The van der Waals surface area contributed by atoms with E-state index >= 15 is 0 Å². The van der Waals surface area contributed by atoms with Gasteiger partial charge in [0.25, 0.3) is 0 Å². The van der Waals surface area contributed by atoms with Crippen LogP contribution in [0.3, 0.4) is 0 Å². The second-order valence-corrected chi connectivity index (χ2v) is 4.45. The highest BCUT2D eigenvalue weighted by molar-refractivity contribution is 5.50. The van der Waals surface area contributed by atoms with E-state index in [9.17, 15) is 8.78 Å². The van der Waals surface area contributed by atoms with Crippen molar-refractivity contribution in [1.29, 1.82) is 0 Å². The third kappa shape index (κ3) is 1.28. The van der Waals surface area contributed by atoms with E-state index in [2.05, 4.69) is 4.85 Å². The summed E-state index contributed by atoms with van der Waals surface area (Å²) in [5, 5.41) is 0. The van der Waals surface area contributed by atoms with Crippen molar-refractivity contribution in [3.05, 3.63) is 41.3 Å². The molecule has 1 saturated carbocycles. The molecule has 0 amide bonds. The number of hydrogen-bond donors (Lipinski definition) is 0. The summed E-state index contributed by atoms with van der Waals surface area (Å²) in [5.41, 5.74) is 0.717. The van der Waals surface area contributed by atoms with Crippen LogP contribution in [-0.2, 0) is 0 Å². The summed E-state index contributed by atoms with van der Waals surface area (Å²) in [7, 11) is 0. The predicted molar refractivity (Wildman–Crippen MR) is 55.9 cm³/mol. The lowest BCUT2D eigenvalue weighted by atomic mass is 10.2. The molecule has 1 heterocycles. The van der Waals surface area contributed by atoms with Crippen LogP contribution in [0.4, 0.5) is 14.5 Å². The number of rotatable bonds is 1. The van der Waals surface area contributed by atoms with Gasteiger partial charge in [0.2, 0.25) is 6.04 Å². The van der Waals surface area contributed by atoms with Crippen molar-refractivity contribution in [1.82, 2.24) is 0 Å². The Morgan fingerprint density at radius 3 is 2.44 bits per heavy atom. The van der Waals surface area contributed by atoms with E-state index in [0.29, 0.717) is 11.8 Å². The Morgan fingerprint density at radius 1 is 1.19 bits per heavy atom. The number of benzene rings is 1. The maximum atomic E-state index is 13.0. The molecule has 0 radical (unpaired) electrons. The van der Waals surface area contributed by atoms with Crippen LogP contribution in [0.25, 0.3) is 4.85 Å². The fraction of sp³-hybridized carbons (Fsp3) is 0.417. The molecule has 1 unspecified atom stereocenters. The van der Waals surface area contributed by atoms with Gasteiger partial charge < -0.3 is 9.74 Å². The molecule has 2 nitrogen and oxygen atoms in total. The van der Waals surface area contributed by atoms with E-state index in [0.717, 1.165) is 24.8 Å². The molecule has 1 saturated heterocycles. The molecular formula is C12H10F2N2. The summed E-state index contributed by atoms with van der Waals surface area (Å²) in [5.74, 6) is -0.747. The van der Waals surface area contributed by atoms with Crippen LogP contribution in [0.5, 0.6) is 0 Å². The Labute approximate surface area is 92.3 Å². The van der Waals surface area contributed by atoms with Crippen LogP contribution in [0, 0.1) is 30.0 Å². The van der Waals surface area contributed by atoms with E-state index in [4.69, 9.17) is 6.57 Å². The Hall–Kier alpha value is -1.63. The summed E-state index contributed by atoms with van der Waals surface area (Å²) >= 11 is 0. The maximum Gasteiger partial charge on any atom is 0.233 e. The van der Waals surface area contributed by atoms with Gasteiger partial charge in [0.15, 0.2) is 11.6 Å². The second-order valence-electron chi connectivity index (χ2n) is 4.45. The third-order valence-electron chi connectivity index (χ3n) is 3.57. The molecule has 0 bridgehead atoms. The zero-order chi connectivity index (χ0) is 11.3. The van der Waals surface area contributed by atoms with Gasteiger partial charge in [-0.3, -0.25) is 0 Å². The fourth-order valence-corrected chi connectivity index (χ4v) is 2.58. The van der Waals surface area contributed by atoms with Gasteiger partial charge in [-0.05, 0) is 12.1 Å². The Kier molecular flexibility index (Phi) is 1.90. The molecule has 0 N–H and O–H groups in total. The highest BCUT2D eigenvalue weighted by Gasteiger charge is 2.62. The fourth-order valence-electron chi connectivity index (χ4n) is 2.58. The highest BCUT2D eigenvalue weighted by atomic mass is 19.2. The molecule has 16 heavy (non-hydrogen) atoms. The second kappa shape index (κ2) is 3.18. The van der Waals surface area contributed by atoms with Crippen LogP contribution < -0.4 is 4.90 Å². The van der Waals surface area contributed by atoms with Crippen molar-refractivity contribution in [2.24, 2.45) is 11.8 Å². The standard InChI is InChI=1S/C12H10F2N2/c1-15-12-8-5-16(6-9(8)12)7-2-3-10(13)11(14)4-7/h2-4,8-9,12H,5-6H2/t8-,9+,12?. The van der Waals surface area contributed by atoms with Crippen LogP contribution in [0.2, 0.25) is 0 Å². The minimum absolute atomic E-state index is 0.168. The average molecular weight is 220 g/mol. The van der Waals surface area contributed by atoms with E-state index < -0.39 is 11.6 Å². The van der Waals surface area contributed by atoms with Gasteiger partial charge in [-0.15, -0.1) is 0 Å². The van der Waals surface area contributed by atoms with E-state index in [-0.39, 0.29) is 6.04 Å². The molecule has 2 aliphatic rings. The lowest BCUT2D eigenvalue weighted by molar-refractivity contribution is 0.508. The van der Waals surface area contributed by atoms with E-state index in [1.165, 1.54) is 6.07 Å². The van der Waals surface area contributed by atoms with Crippen LogP contribution in [-0.4, -0.2) is 19.1 Å². The summed E-state index contributed by atoms with van der Waals surface area (Å²) < 4.78 is 25.8. The first-order valence-corrected chi connectivity index (χ1v) is 5.27. The molecule has 4 heteroatoms. The Bertz CT molecular complexity index is 468. The number of piperidine rings is 1. The molecule has 1 aromatic rings. The summed E-state index contributed by atoms with van der Waals surface area (Å²) in [6, 6.07) is 4.14. The van der Waals surface area contributed by atoms with E-state index in [1.54, 1.807) is 6.07 Å². The summed E-state index contributed by atoms with van der Waals surface area (Å²) in [4.78, 5) is 5.56. The van der Waals surface area contributed by atoms with Gasteiger partial charge in [0, 0.05) is 24.8 Å². The van der Waals surface area contributed by atoms with Gasteiger partial charge in [-0.1, -0.05) is 0 Å². The minimum Gasteiger partial charge on any atom is -0.370 e. The topological polar surface area (TPSA) is 7.60 Å². The summed E-state index contributed by atoms with van der Waals surface area (Å²) in [6.45, 7) is 8.54. The zero-order valence-corrected chi connectivity index (χ0v) is 8.53. The number of nitrogens with zero attached hydrogens (tertiary/aromatic N) is 2. The van der Waals surface area contributed by atoms with Crippen molar-refractivity contribution in [2.45, 2.75) is 6.04 Å². The molecule has 82 valence electrons. The van der Waals surface area contributed by atoms with Crippen LogP contribution in [0.15, 0.2) is 18.2 Å². The first-order chi connectivity index (χ1) is 7.70. The minimum atomic E-state index is -0.813. The van der Waals surface area contributed by atoms with Crippen LogP contribution in [0.1, 0.15) is 0 Å². The van der Waals surface area contributed by atoms with E-state index in [1.807, 2.05) is 4.90 Å². The van der Waals surface area contributed by atoms with Gasteiger partial charge >= 0.3 is 0 Å². The molecular weight excluding hydrogens is 210 g/mol. The van der Waals surface area contributed by atoms with Crippen LogP contribution >= 0.6 is 0 Å². The number of hydrogen-bond acceptors (Lipinski definition) is 1. The lowest BCUT2D eigenvalue weighted by Gasteiger charge is -2.20. The first kappa shape index (κ1) is 9.59. The van der Waals surface area contributed by atoms with Crippen molar-refractivity contribution in [2.75, 3.05) is 18.0 Å². The van der Waals surface area contributed by atoms with Gasteiger partial charge in [-0.2, -0.15) is 0 Å². The predicted octanol–water partition coefficient (Wildman–Crippen LogP) is 2.32. The molecule has 2 fully saturated rings. The molecule has 0 aromatic heterocycles. The molecule has 3 atom stereocenters. The maximum absolute atomic E-state index is 13.0. The Morgan fingerprint density at radius 2 is 1.88 bits per heavy atom. The van der Waals surface area contributed by atoms with Crippen molar-refractivity contribution in [3.63, 3.8) is 0 Å². The SMILES string of the molecule is [C-]#[N+]C1[C@H]2CN(c3ccc(F)c(F)c3)C[C@@H]12.